The molecule has 0 heterocycles. The lowest BCUT2D eigenvalue weighted by atomic mass is 10.1. The van der Waals surface area contributed by atoms with Crippen LogP contribution in [0.25, 0.3) is 0 Å². The van der Waals surface area contributed by atoms with Crippen molar-refractivity contribution in [2.45, 2.75) is 70.4 Å². The lowest BCUT2D eigenvalue weighted by Crippen LogP contribution is -2.35. The van der Waals surface area contributed by atoms with Crippen LogP contribution in [0.1, 0.15) is 58.3 Å². The van der Waals surface area contributed by atoms with E-state index < -0.39 is 5.97 Å². The molecule has 1 unspecified atom stereocenters. The molecule has 4 heteroatoms. The maximum absolute atomic E-state index is 5.26. The first-order chi connectivity index (χ1) is 9.14. The monoisotopic (exact) mass is 276 g/mol. The molecular formula is C15H32O4. The van der Waals surface area contributed by atoms with Crippen molar-refractivity contribution in [3.8, 4) is 0 Å². The Balaban J connectivity index is 3.44. The lowest BCUT2D eigenvalue weighted by Gasteiger charge is -2.28. The molecule has 1 atom stereocenters. The van der Waals surface area contributed by atoms with Gasteiger partial charge >= 0.3 is 0 Å². The van der Waals surface area contributed by atoms with Gasteiger partial charge in [-0.1, -0.05) is 32.1 Å². The van der Waals surface area contributed by atoms with Gasteiger partial charge in [0.25, 0.3) is 5.97 Å². The van der Waals surface area contributed by atoms with E-state index in [-0.39, 0.29) is 0 Å². The van der Waals surface area contributed by atoms with Crippen LogP contribution >= 0.6 is 0 Å². The van der Waals surface area contributed by atoms with Gasteiger partial charge in [-0.25, -0.2) is 0 Å². The summed E-state index contributed by atoms with van der Waals surface area (Å²) in [5, 5.41) is 0. The van der Waals surface area contributed by atoms with Gasteiger partial charge in [0, 0.05) is 34.9 Å². The molecule has 0 saturated heterocycles. The summed E-state index contributed by atoms with van der Waals surface area (Å²) >= 11 is 0. The van der Waals surface area contributed by atoms with Gasteiger partial charge in [0.2, 0.25) is 0 Å². The maximum Gasteiger partial charge on any atom is 0.282 e. The molecule has 0 aliphatic heterocycles. The highest BCUT2D eigenvalue weighted by atomic mass is 16.9. The molecule has 0 aliphatic carbocycles. The quantitative estimate of drug-likeness (QED) is 0.379. The van der Waals surface area contributed by atoms with Crippen molar-refractivity contribution in [2.24, 2.45) is 0 Å². The summed E-state index contributed by atoms with van der Waals surface area (Å²) in [5.41, 5.74) is 0. The van der Waals surface area contributed by atoms with E-state index >= 15 is 0 Å². The van der Waals surface area contributed by atoms with Crippen LogP contribution in [0.4, 0.5) is 0 Å². The molecule has 0 fully saturated rings. The van der Waals surface area contributed by atoms with Crippen LogP contribution in [0.5, 0.6) is 0 Å². The fourth-order valence-electron chi connectivity index (χ4n) is 2.15. The number of methoxy groups -OCH3 is 4. The van der Waals surface area contributed by atoms with E-state index in [9.17, 15) is 0 Å². The van der Waals surface area contributed by atoms with Gasteiger partial charge in [-0.05, 0) is 19.8 Å². The molecule has 0 aromatic heterocycles. The Labute approximate surface area is 118 Å². The van der Waals surface area contributed by atoms with Gasteiger partial charge in [-0.3, -0.25) is 0 Å². The molecule has 0 aliphatic rings. The Morgan fingerprint density at radius 1 is 0.737 bits per heavy atom. The minimum Gasteiger partial charge on any atom is -0.382 e. The zero-order chi connectivity index (χ0) is 14.6. The van der Waals surface area contributed by atoms with E-state index in [1.165, 1.54) is 32.1 Å². The van der Waals surface area contributed by atoms with E-state index in [2.05, 4.69) is 6.92 Å². The summed E-state index contributed by atoms with van der Waals surface area (Å²) in [6.45, 7) is 2.12. The molecule has 0 N–H and O–H groups in total. The van der Waals surface area contributed by atoms with Crippen molar-refractivity contribution in [2.75, 3.05) is 28.4 Å². The highest BCUT2D eigenvalue weighted by molar-refractivity contribution is 4.57. The first kappa shape index (κ1) is 18.8. The normalized spacial score (nSPS) is 13.7. The molecule has 0 amide bonds. The molecule has 4 nitrogen and oxygen atoms in total. The van der Waals surface area contributed by atoms with Gasteiger partial charge in [-0.2, -0.15) is 0 Å². The molecule has 0 radical (unpaired) electrons. The Morgan fingerprint density at radius 2 is 1.21 bits per heavy atom. The van der Waals surface area contributed by atoms with Gasteiger partial charge < -0.3 is 18.9 Å². The Bertz CT molecular complexity index is 184. The minimum absolute atomic E-state index is 0.394. The second kappa shape index (κ2) is 11.6. The number of unbranched alkanes of at least 4 members (excludes halogenated alkanes) is 5. The third kappa shape index (κ3) is 8.58. The van der Waals surface area contributed by atoms with Crippen molar-refractivity contribution in [3.05, 3.63) is 0 Å². The SMILES string of the molecule is COC(C)CCCCCCCCC(OC)(OC)OC. The van der Waals surface area contributed by atoms with Crippen LogP contribution < -0.4 is 0 Å². The Hall–Kier alpha value is -0.160. The van der Waals surface area contributed by atoms with Crippen LogP contribution in [0, 0.1) is 0 Å². The standard InChI is InChI=1S/C15H32O4/c1-14(16-2)12-10-8-6-7-9-11-13-15(17-3,18-4)19-5/h14H,6-13H2,1-5H3. The van der Waals surface area contributed by atoms with Gasteiger partial charge in [0.1, 0.15) is 0 Å². The van der Waals surface area contributed by atoms with E-state index in [0.717, 1.165) is 19.3 Å². The highest BCUT2D eigenvalue weighted by Crippen LogP contribution is 2.21. The summed E-state index contributed by atoms with van der Waals surface area (Å²) in [7, 11) is 6.62. The highest BCUT2D eigenvalue weighted by Gasteiger charge is 2.28. The number of hydrogen-bond acceptors (Lipinski definition) is 4. The zero-order valence-electron chi connectivity index (χ0n) is 13.4. The average molecular weight is 276 g/mol. The number of hydrogen-bond donors (Lipinski definition) is 0. The van der Waals surface area contributed by atoms with Crippen LogP contribution in [-0.2, 0) is 18.9 Å². The van der Waals surface area contributed by atoms with Crippen LogP contribution in [0.3, 0.4) is 0 Å². The third-order valence-corrected chi connectivity index (χ3v) is 3.68. The molecule has 19 heavy (non-hydrogen) atoms. The molecule has 0 rings (SSSR count). The summed E-state index contributed by atoms with van der Waals surface area (Å²) in [6.07, 6.45) is 9.68. The second-order valence-corrected chi connectivity index (χ2v) is 5.00. The van der Waals surface area contributed by atoms with Crippen LogP contribution in [0.15, 0.2) is 0 Å². The maximum atomic E-state index is 5.26. The first-order valence-corrected chi connectivity index (χ1v) is 7.32. The molecule has 0 bridgehead atoms. The van der Waals surface area contributed by atoms with Crippen LogP contribution in [-0.4, -0.2) is 40.5 Å². The third-order valence-electron chi connectivity index (χ3n) is 3.68. The van der Waals surface area contributed by atoms with E-state index in [1.807, 2.05) is 0 Å². The van der Waals surface area contributed by atoms with E-state index in [4.69, 9.17) is 18.9 Å². The van der Waals surface area contributed by atoms with E-state index in [0.29, 0.717) is 6.10 Å². The zero-order valence-corrected chi connectivity index (χ0v) is 13.4. The van der Waals surface area contributed by atoms with Crippen molar-refractivity contribution >= 4 is 0 Å². The fourth-order valence-corrected chi connectivity index (χ4v) is 2.15. The Morgan fingerprint density at radius 3 is 1.68 bits per heavy atom. The van der Waals surface area contributed by atoms with Crippen molar-refractivity contribution in [1.29, 1.82) is 0 Å². The topological polar surface area (TPSA) is 36.9 Å². The second-order valence-electron chi connectivity index (χ2n) is 5.00. The van der Waals surface area contributed by atoms with Crippen molar-refractivity contribution < 1.29 is 18.9 Å². The van der Waals surface area contributed by atoms with Crippen molar-refractivity contribution in [3.63, 3.8) is 0 Å². The smallest absolute Gasteiger partial charge is 0.282 e. The predicted molar refractivity (Wildman–Crippen MR) is 77.2 cm³/mol. The summed E-state index contributed by atoms with van der Waals surface area (Å²) < 4.78 is 21.0. The first-order valence-electron chi connectivity index (χ1n) is 7.32. The molecule has 0 spiro atoms. The average Bonchev–Trinajstić information content (AvgIpc) is 2.46. The molecule has 116 valence electrons. The van der Waals surface area contributed by atoms with Gasteiger partial charge in [-0.15, -0.1) is 0 Å². The lowest BCUT2D eigenvalue weighted by molar-refractivity contribution is -0.355. The molecule has 0 aromatic rings. The number of rotatable bonds is 13. The van der Waals surface area contributed by atoms with Crippen LogP contribution in [0.2, 0.25) is 0 Å². The minimum atomic E-state index is -0.853. The summed E-state index contributed by atoms with van der Waals surface area (Å²) in [5.74, 6) is -0.853. The number of ether oxygens (including phenoxy) is 4. The molecule has 0 aromatic carbocycles. The predicted octanol–water partition coefficient (Wildman–Crippen LogP) is 3.74. The fraction of sp³-hybridized carbons (Fsp3) is 1.00. The largest absolute Gasteiger partial charge is 0.382 e. The molecular weight excluding hydrogens is 244 g/mol. The molecule has 0 saturated carbocycles. The van der Waals surface area contributed by atoms with E-state index in [1.54, 1.807) is 28.4 Å². The van der Waals surface area contributed by atoms with Gasteiger partial charge in [0.05, 0.1) is 6.10 Å². The summed E-state index contributed by atoms with van der Waals surface area (Å²) in [4.78, 5) is 0. The Kier molecular flexibility index (Phi) is 11.6. The van der Waals surface area contributed by atoms with Gasteiger partial charge in [0.15, 0.2) is 0 Å². The van der Waals surface area contributed by atoms with Crippen molar-refractivity contribution in [1.82, 2.24) is 0 Å². The summed E-state index contributed by atoms with van der Waals surface area (Å²) in [6, 6.07) is 0.